The van der Waals surface area contributed by atoms with E-state index in [1.54, 1.807) is 7.11 Å². The Labute approximate surface area is 152 Å². The Hall–Kier alpha value is -2.59. The van der Waals surface area contributed by atoms with Gasteiger partial charge in [-0.05, 0) is 42.0 Å². The molecule has 0 aliphatic heterocycles. The van der Waals surface area contributed by atoms with Gasteiger partial charge in [0, 0.05) is 12.1 Å². The fourth-order valence-electron chi connectivity index (χ4n) is 2.82. The summed E-state index contributed by atoms with van der Waals surface area (Å²) >= 11 is 1.47. The van der Waals surface area contributed by atoms with Gasteiger partial charge in [0.25, 0.3) is 5.91 Å². The summed E-state index contributed by atoms with van der Waals surface area (Å²) in [5.74, 6) is 0.835. The highest BCUT2D eigenvalue weighted by atomic mass is 32.1. The first-order valence-electron chi connectivity index (χ1n) is 8.23. The highest BCUT2D eigenvalue weighted by Gasteiger charge is 2.14. The third-order valence-corrected chi connectivity index (χ3v) is 4.99. The number of benzene rings is 2. The van der Waals surface area contributed by atoms with Crippen molar-refractivity contribution in [3.8, 4) is 16.9 Å². The SMILES string of the molecule is COc1ccc(C)cc1CCNC(=O)c1sccc1-c1ccccc1. The summed E-state index contributed by atoms with van der Waals surface area (Å²) in [7, 11) is 1.67. The molecule has 0 saturated heterocycles. The van der Waals surface area contributed by atoms with E-state index in [2.05, 4.69) is 18.3 Å². The molecule has 4 heteroatoms. The maximum atomic E-state index is 12.6. The third kappa shape index (κ3) is 4.09. The van der Waals surface area contributed by atoms with Gasteiger partial charge in [0.1, 0.15) is 5.75 Å². The van der Waals surface area contributed by atoms with Crippen LogP contribution < -0.4 is 10.1 Å². The van der Waals surface area contributed by atoms with Crippen LogP contribution in [0.25, 0.3) is 11.1 Å². The number of amides is 1. The first-order valence-corrected chi connectivity index (χ1v) is 9.11. The summed E-state index contributed by atoms with van der Waals surface area (Å²) in [5.41, 5.74) is 4.34. The van der Waals surface area contributed by atoms with Crippen molar-refractivity contribution in [2.45, 2.75) is 13.3 Å². The number of aryl methyl sites for hydroxylation is 1. The molecule has 25 heavy (non-hydrogen) atoms. The molecule has 3 aromatic rings. The molecule has 1 heterocycles. The average Bonchev–Trinajstić information content (AvgIpc) is 3.12. The summed E-state index contributed by atoms with van der Waals surface area (Å²) in [6.07, 6.45) is 0.739. The predicted molar refractivity (Wildman–Crippen MR) is 104 cm³/mol. The second-order valence-electron chi connectivity index (χ2n) is 5.85. The van der Waals surface area contributed by atoms with Crippen LogP contribution in [0.15, 0.2) is 60.0 Å². The first-order chi connectivity index (χ1) is 12.2. The summed E-state index contributed by atoms with van der Waals surface area (Å²) < 4.78 is 5.40. The van der Waals surface area contributed by atoms with Crippen molar-refractivity contribution in [2.75, 3.05) is 13.7 Å². The molecule has 0 aliphatic rings. The number of hydrogen-bond donors (Lipinski definition) is 1. The number of thiophene rings is 1. The van der Waals surface area contributed by atoms with E-state index in [-0.39, 0.29) is 5.91 Å². The van der Waals surface area contributed by atoms with Crippen LogP contribution >= 0.6 is 11.3 Å². The van der Waals surface area contributed by atoms with Crippen LogP contribution in [0.5, 0.6) is 5.75 Å². The van der Waals surface area contributed by atoms with E-state index in [0.717, 1.165) is 33.7 Å². The predicted octanol–water partition coefficient (Wildman–Crippen LogP) is 4.70. The van der Waals surface area contributed by atoms with Gasteiger partial charge in [-0.2, -0.15) is 0 Å². The van der Waals surface area contributed by atoms with Gasteiger partial charge in [0.2, 0.25) is 0 Å². The molecule has 0 fully saturated rings. The van der Waals surface area contributed by atoms with Crippen molar-refractivity contribution >= 4 is 17.2 Å². The molecule has 0 aliphatic carbocycles. The Morgan fingerprint density at radius 1 is 1.12 bits per heavy atom. The van der Waals surface area contributed by atoms with Crippen LogP contribution in [-0.4, -0.2) is 19.6 Å². The smallest absolute Gasteiger partial charge is 0.261 e. The highest BCUT2D eigenvalue weighted by Crippen LogP contribution is 2.28. The van der Waals surface area contributed by atoms with E-state index in [0.29, 0.717) is 6.54 Å². The summed E-state index contributed by atoms with van der Waals surface area (Å²) in [6, 6.07) is 18.1. The third-order valence-electron chi connectivity index (χ3n) is 4.07. The molecule has 0 radical (unpaired) electrons. The van der Waals surface area contributed by atoms with Crippen LogP contribution in [0.1, 0.15) is 20.8 Å². The fourth-order valence-corrected chi connectivity index (χ4v) is 3.66. The van der Waals surface area contributed by atoms with Crippen molar-refractivity contribution in [1.29, 1.82) is 0 Å². The van der Waals surface area contributed by atoms with Gasteiger partial charge in [0.05, 0.1) is 12.0 Å². The van der Waals surface area contributed by atoms with E-state index < -0.39 is 0 Å². The van der Waals surface area contributed by atoms with Crippen LogP contribution in [0.3, 0.4) is 0 Å². The molecule has 0 spiro atoms. The van der Waals surface area contributed by atoms with Crippen LogP contribution in [0.4, 0.5) is 0 Å². The molecule has 0 bridgehead atoms. The van der Waals surface area contributed by atoms with E-state index in [4.69, 9.17) is 4.74 Å². The highest BCUT2D eigenvalue weighted by molar-refractivity contribution is 7.12. The number of rotatable bonds is 6. The van der Waals surface area contributed by atoms with Crippen LogP contribution in [0.2, 0.25) is 0 Å². The van der Waals surface area contributed by atoms with Gasteiger partial charge in [-0.15, -0.1) is 11.3 Å². The zero-order valence-corrected chi connectivity index (χ0v) is 15.2. The number of ether oxygens (including phenoxy) is 1. The van der Waals surface area contributed by atoms with E-state index in [9.17, 15) is 4.79 Å². The van der Waals surface area contributed by atoms with E-state index in [1.807, 2.05) is 53.9 Å². The van der Waals surface area contributed by atoms with Gasteiger partial charge in [0.15, 0.2) is 0 Å². The Kier molecular flexibility index (Phi) is 5.51. The second-order valence-corrected chi connectivity index (χ2v) is 6.77. The minimum atomic E-state index is -0.0273. The molecule has 3 nitrogen and oxygen atoms in total. The minimum Gasteiger partial charge on any atom is -0.496 e. The largest absolute Gasteiger partial charge is 0.496 e. The molecule has 1 aromatic heterocycles. The molecular weight excluding hydrogens is 330 g/mol. The standard InChI is InChI=1S/C21H21NO2S/c1-15-8-9-19(24-2)17(14-15)10-12-22-21(23)20-18(11-13-25-20)16-6-4-3-5-7-16/h3-9,11,13-14H,10,12H2,1-2H3,(H,22,23). The summed E-state index contributed by atoms with van der Waals surface area (Å²) in [4.78, 5) is 13.3. The lowest BCUT2D eigenvalue weighted by atomic mass is 10.1. The normalized spacial score (nSPS) is 10.5. The van der Waals surface area contributed by atoms with E-state index in [1.165, 1.54) is 16.9 Å². The molecule has 2 aromatic carbocycles. The van der Waals surface area contributed by atoms with Gasteiger partial charge < -0.3 is 10.1 Å². The monoisotopic (exact) mass is 351 g/mol. The van der Waals surface area contributed by atoms with Gasteiger partial charge in [-0.3, -0.25) is 4.79 Å². The van der Waals surface area contributed by atoms with Gasteiger partial charge in [-0.25, -0.2) is 0 Å². The molecule has 0 atom stereocenters. The molecule has 3 rings (SSSR count). The van der Waals surface area contributed by atoms with Crippen molar-refractivity contribution in [3.63, 3.8) is 0 Å². The van der Waals surface area contributed by atoms with E-state index >= 15 is 0 Å². The Balaban J connectivity index is 1.67. The number of methoxy groups -OCH3 is 1. The number of carbonyl (C=O) groups excluding carboxylic acids is 1. The maximum Gasteiger partial charge on any atom is 0.261 e. The zero-order valence-electron chi connectivity index (χ0n) is 14.4. The topological polar surface area (TPSA) is 38.3 Å². The molecule has 0 unspecified atom stereocenters. The molecular formula is C21H21NO2S. The Morgan fingerprint density at radius 3 is 2.68 bits per heavy atom. The van der Waals surface area contributed by atoms with Crippen molar-refractivity contribution in [2.24, 2.45) is 0 Å². The van der Waals surface area contributed by atoms with Crippen molar-refractivity contribution in [3.05, 3.63) is 76.0 Å². The summed E-state index contributed by atoms with van der Waals surface area (Å²) in [5, 5.41) is 4.99. The first kappa shape index (κ1) is 17.2. The van der Waals surface area contributed by atoms with Gasteiger partial charge in [-0.1, -0.05) is 48.0 Å². The van der Waals surface area contributed by atoms with Gasteiger partial charge >= 0.3 is 0 Å². The van der Waals surface area contributed by atoms with Crippen molar-refractivity contribution < 1.29 is 9.53 Å². The maximum absolute atomic E-state index is 12.6. The van der Waals surface area contributed by atoms with Crippen molar-refractivity contribution in [1.82, 2.24) is 5.32 Å². The average molecular weight is 351 g/mol. The molecule has 128 valence electrons. The quantitative estimate of drug-likeness (QED) is 0.699. The lowest BCUT2D eigenvalue weighted by Gasteiger charge is -2.10. The number of hydrogen-bond acceptors (Lipinski definition) is 3. The second kappa shape index (κ2) is 7.99. The summed E-state index contributed by atoms with van der Waals surface area (Å²) in [6.45, 7) is 2.63. The zero-order chi connectivity index (χ0) is 17.6. The van der Waals surface area contributed by atoms with Crippen LogP contribution in [0, 0.1) is 6.92 Å². The van der Waals surface area contributed by atoms with Crippen LogP contribution in [-0.2, 0) is 6.42 Å². The lowest BCUT2D eigenvalue weighted by molar-refractivity contribution is 0.0958. The molecule has 1 N–H and O–H groups in total. The fraction of sp³-hybridized carbons (Fsp3) is 0.190. The Bertz CT molecular complexity index is 855. The minimum absolute atomic E-state index is 0.0273. The molecule has 0 saturated carbocycles. The molecule has 1 amide bonds. The lowest BCUT2D eigenvalue weighted by Crippen LogP contribution is -2.25. The number of carbonyl (C=O) groups is 1. The Morgan fingerprint density at radius 2 is 1.92 bits per heavy atom. The number of nitrogens with one attached hydrogen (secondary N) is 1.